The topological polar surface area (TPSA) is 71.3 Å². The van der Waals surface area contributed by atoms with Crippen molar-refractivity contribution >= 4 is 11.8 Å². The van der Waals surface area contributed by atoms with Gasteiger partial charge in [-0.1, -0.05) is 19.8 Å². The monoisotopic (exact) mass is 264 g/mol. The van der Waals surface area contributed by atoms with Crippen molar-refractivity contribution in [3.8, 4) is 0 Å². The van der Waals surface area contributed by atoms with E-state index >= 15 is 0 Å². The maximum absolute atomic E-state index is 11.7. The second kappa shape index (κ2) is 6.41. The molecule has 5 heteroatoms. The third-order valence-electron chi connectivity index (χ3n) is 3.49. The Morgan fingerprint density at radius 1 is 1.42 bits per heavy atom. The third kappa shape index (κ3) is 4.12. The van der Waals surface area contributed by atoms with E-state index in [2.05, 4.69) is 17.6 Å². The second-order valence-corrected chi connectivity index (χ2v) is 5.23. The van der Waals surface area contributed by atoms with Gasteiger partial charge in [0.1, 0.15) is 6.26 Å². The van der Waals surface area contributed by atoms with Crippen molar-refractivity contribution < 1.29 is 14.0 Å². The molecule has 1 aliphatic carbocycles. The van der Waals surface area contributed by atoms with Gasteiger partial charge < -0.3 is 15.1 Å². The Morgan fingerprint density at radius 2 is 2.26 bits per heavy atom. The van der Waals surface area contributed by atoms with E-state index in [1.54, 1.807) is 6.07 Å². The molecule has 1 aromatic heterocycles. The fourth-order valence-electron chi connectivity index (χ4n) is 2.50. The molecule has 0 aromatic carbocycles. The van der Waals surface area contributed by atoms with E-state index < -0.39 is 0 Å². The standard InChI is InChI=1S/C14H20N2O3/c1-10-3-2-4-12(7-10)16-13(17)8-15-14(18)11-5-6-19-9-11/h5-6,9-10,12H,2-4,7-8H2,1H3,(H,15,18)(H,16,17)/t10-,12-/m1/s1. The summed E-state index contributed by atoms with van der Waals surface area (Å²) in [5, 5.41) is 5.55. The average molecular weight is 264 g/mol. The highest BCUT2D eigenvalue weighted by Crippen LogP contribution is 2.23. The van der Waals surface area contributed by atoms with Crippen molar-refractivity contribution in [2.24, 2.45) is 5.92 Å². The first kappa shape index (κ1) is 13.6. The molecule has 0 unspecified atom stereocenters. The molecule has 1 fully saturated rings. The molecule has 2 atom stereocenters. The minimum absolute atomic E-state index is 0.00882. The Balaban J connectivity index is 1.71. The van der Waals surface area contributed by atoms with E-state index in [4.69, 9.17) is 4.42 Å². The minimum Gasteiger partial charge on any atom is -0.472 e. The highest BCUT2D eigenvalue weighted by atomic mass is 16.3. The summed E-state index contributed by atoms with van der Waals surface area (Å²) in [6.07, 6.45) is 7.25. The van der Waals surface area contributed by atoms with Crippen molar-refractivity contribution in [2.45, 2.75) is 38.6 Å². The Morgan fingerprint density at radius 3 is 2.95 bits per heavy atom. The molecule has 2 N–H and O–H groups in total. The SMILES string of the molecule is C[C@@H]1CCC[C@@H](NC(=O)CNC(=O)c2ccoc2)C1. The Kier molecular flexibility index (Phi) is 4.60. The van der Waals surface area contributed by atoms with Crippen LogP contribution in [-0.2, 0) is 4.79 Å². The number of carbonyl (C=O) groups excluding carboxylic acids is 2. The Labute approximate surface area is 112 Å². The van der Waals surface area contributed by atoms with Gasteiger partial charge in [-0.2, -0.15) is 0 Å². The van der Waals surface area contributed by atoms with Crippen molar-refractivity contribution in [1.82, 2.24) is 10.6 Å². The van der Waals surface area contributed by atoms with E-state index in [1.807, 2.05) is 0 Å². The second-order valence-electron chi connectivity index (χ2n) is 5.23. The first-order valence-corrected chi connectivity index (χ1v) is 6.75. The molecule has 0 radical (unpaired) electrons. The van der Waals surface area contributed by atoms with E-state index in [0.29, 0.717) is 11.5 Å². The quantitative estimate of drug-likeness (QED) is 0.869. The van der Waals surface area contributed by atoms with Gasteiger partial charge in [-0.3, -0.25) is 9.59 Å². The van der Waals surface area contributed by atoms with Crippen LogP contribution < -0.4 is 10.6 Å². The fraction of sp³-hybridized carbons (Fsp3) is 0.571. The number of furan rings is 1. The van der Waals surface area contributed by atoms with Crippen LogP contribution in [0, 0.1) is 5.92 Å². The summed E-state index contributed by atoms with van der Waals surface area (Å²) >= 11 is 0. The fourth-order valence-corrected chi connectivity index (χ4v) is 2.50. The number of carbonyl (C=O) groups is 2. The van der Waals surface area contributed by atoms with Crippen LogP contribution in [0.25, 0.3) is 0 Å². The maximum atomic E-state index is 11.7. The predicted molar refractivity (Wildman–Crippen MR) is 70.6 cm³/mol. The van der Waals surface area contributed by atoms with Gasteiger partial charge in [0.25, 0.3) is 5.91 Å². The molecule has 0 saturated heterocycles. The van der Waals surface area contributed by atoms with E-state index in [0.717, 1.165) is 19.3 Å². The summed E-state index contributed by atoms with van der Waals surface area (Å²) in [5.41, 5.74) is 0.430. The summed E-state index contributed by atoms with van der Waals surface area (Å²) in [6, 6.07) is 1.82. The molecule has 1 aromatic rings. The Hall–Kier alpha value is -1.78. The molecule has 0 bridgehead atoms. The molecule has 104 valence electrons. The molecular formula is C14H20N2O3. The van der Waals surface area contributed by atoms with Crippen molar-refractivity contribution in [2.75, 3.05) is 6.54 Å². The zero-order chi connectivity index (χ0) is 13.7. The molecule has 1 heterocycles. The van der Waals surface area contributed by atoms with Crippen molar-refractivity contribution in [3.05, 3.63) is 24.2 Å². The van der Waals surface area contributed by atoms with Crippen molar-refractivity contribution in [1.29, 1.82) is 0 Å². The van der Waals surface area contributed by atoms with Crippen LogP contribution in [0.2, 0.25) is 0 Å². The molecule has 19 heavy (non-hydrogen) atoms. The van der Waals surface area contributed by atoms with Crippen LogP contribution in [-0.4, -0.2) is 24.4 Å². The highest BCUT2D eigenvalue weighted by Gasteiger charge is 2.20. The van der Waals surface area contributed by atoms with Gasteiger partial charge in [-0.05, 0) is 24.8 Å². The number of hydrogen-bond donors (Lipinski definition) is 2. The lowest BCUT2D eigenvalue weighted by atomic mass is 9.87. The zero-order valence-electron chi connectivity index (χ0n) is 11.1. The number of nitrogens with one attached hydrogen (secondary N) is 2. The van der Waals surface area contributed by atoms with Gasteiger partial charge in [-0.15, -0.1) is 0 Å². The largest absolute Gasteiger partial charge is 0.472 e. The van der Waals surface area contributed by atoms with Gasteiger partial charge in [0.2, 0.25) is 5.91 Å². The molecule has 0 spiro atoms. The molecule has 2 rings (SSSR count). The normalized spacial score (nSPS) is 22.8. The number of amides is 2. The van der Waals surface area contributed by atoms with Gasteiger partial charge in [0, 0.05) is 6.04 Å². The molecule has 0 aliphatic heterocycles. The third-order valence-corrected chi connectivity index (χ3v) is 3.49. The van der Waals surface area contributed by atoms with Crippen LogP contribution in [0.1, 0.15) is 43.0 Å². The molecule has 5 nitrogen and oxygen atoms in total. The van der Waals surface area contributed by atoms with Crippen LogP contribution in [0.5, 0.6) is 0 Å². The van der Waals surface area contributed by atoms with Crippen LogP contribution in [0.15, 0.2) is 23.0 Å². The van der Waals surface area contributed by atoms with Gasteiger partial charge in [0.15, 0.2) is 0 Å². The molecular weight excluding hydrogens is 244 g/mol. The molecule has 1 saturated carbocycles. The summed E-state index contributed by atoms with van der Waals surface area (Å²) < 4.78 is 4.81. The van der Waals surface area contributed by atoms with Gasteiger partial charge in [-0.25, -0.2) is 0 Å². The van der Waals surface area contributed by atoms with Crippen LogP contribution >= 0.6 is 0 Å². The first-order chi connectivity index (χ1) is 9.15. The zero-order valence-corrected chi connectivity index (χ0v) is 11.1. The molecule has 2 amide bonds. The van der Waals surface area contributed by atoms with E-state index in [-0.39, 0.29) is 24.4 Å². The minimum atomic E-state index is -0.291. The number of hydrogen-bond acceptors (Lipinski definition) is 3. The smallest absolute Gasteiger partial charge is 0.254 e. The number of rotatable bonds is 4. The maximum Gasteiger partial charge on any atom is 0.254 e. The van der Waals surface area contributed by atoms with Crippen LogP contribution in [0.4, 0.5) is 0 Å². The van der Waals surface area contributed by atoms with Crippen molar-refractivity contribution in [3.63, 3.8) is 0 Å². The summed E-state index contributed by atoms with van der Waals surface area (Å²) in [5.74, 6) is 0.247. The van der Waals surface area contributed by atoms with Crippen LogP contribution in [0.3, 0.4) is 0 Å². The lowest BCUT2D eigenvalue weighted by Crippen LogP contribution is -2.43. The predicted octanol–water partition coefficient (Wildman–Crippen LogP) is 1.70. The Bertz CT molecular complexity index is 428. The first-order valence-electron chi connectivity index (χ1n) is 6.75. The van der Waals surface area contributed by atoms with Gasteiger partial charge >= 0.3 is 0 Å². The summed E-state index contributed by atoms with van der Waals surface area (Å²) in [7, 11) is 0. The average Bonchev–Trinajstić information content (AvgIpc) is 2.90. The van der Waals surface area contributed by atoms with E-state index in [9.17, 15) is 9.59 Å². The van der Waals surface area contributed by atoms with E-state index in [1.165, 1.54) is 18.9 Å². The summed E-state index contributed by atoms with van der Waals surface area (Å²) in [6.45, 7) is 2.22. The summed E-state index contributed by atoms with van der Waals surface area (Å²) in [4.78, 5) is 23.3. The molecule has 1 aliphatic rings. The lowest BCUT2D eigenvalue weighted by molar-refractivity contribution is -0.121. The highest BCUT2D eigenvalue weighted by molar-refractivity contribution is 5.96. The lowest BCUT2D eigenvalue weighted by Gasteiger charge is -2.27. The van der Waals surface area contributed by atoms with Gasteiger partial charge in [0.05, 0.1) is 18.4 Å².